The summed E-state index contributed by atoms with van der Waals surface area (Å²) in [5.74, 6) is -1.80. The number of fused-ring (bicyclic) bond motifs is 1. The first-order valence-corrected chi connectivity index (χ1v) is 13.8. The molecule has 5 aromatic carbocycles. The van der Waals surface area contributed by atoms with Crippen molar-refractivity contribution in [1.29, 1.82) is 0 Å². The highest BCUT2D eigenvalue weighted by Crippen LogP contribution is 2.60. The summed E-state index contributed by atoms with van der Waals surface area (Å²) in [7, 11) is 0. The first-order valence-electron chi connectivity index (χ1n) is 13.4. The third-order valence-corrected chi connectivity index (χ3v) is 9.16. The number of amides is 2. The molecular weight excluding hydrogens is 516 g/mol. The number of halogens is 1. The fourth-order valence-electron chi connectivity index (χ4n) is 7.30. The van der Waals surface area contributed by atoms with Crippen molar-refractivity contribution in [2.24, 2.45) is 16.8 Å². The zero-order valence-electron chi connectivity index (χ0n) is 21.4. The molecule has 11 rings (SSSR count). The molecule has 192 valence electrons. The lowest BCUT2D eigenvalue weighted by Gasteiger charge is -2.48. The second-order valence-corrected chi connectivity index (χ2v) is 11.2. The summed E-state index contributed by atoms with van der Waals surface area (Å²) in [5.41, 5.74) is 4.48. The Balaban J connectivity index is 1.41. The fourth-order valence-corrected chi connectivity index (χ4v) is 7.48. The predicted octanol–water partition coefficient (Wildman–Crippen LogP) is 7.45. The molecule has 40 heavy (non-hydrogen) atoms. The zero-order chi connectivity index (χ0) is 27.0. The molecule has 0 saturated carbocycles. The van der Waals surface area contributed by atoms with Crippen LogP contribution in [-0.4, -0.2) is 18.0 Å². The van der Waals surface area contributed by atoms with E-state index in [2.05, 4.69) is 36.4 Å². The predicted molar refractivity (Wildman–Crippen MR) is 159 cm³/mol. The average Bonchev–Trinajstić information content (AvgIpc) is 3.23. The number of hydrogen-bond acceptors (Lipinski definition) is 3. The summed E-state index contributed by atoms with van der Waals surface area (Å²) in [5, 5.41) is 2.46. The standard InChI is InChI=1S/C35H23ClN2O2/c36-24-9-6-10-25(19-24)37-20-35-23-17-15-22(16-18-23)30(27-12-3-4-13-28(27)35)31-32(35)34(40)38(33(31)39)29-14-5-8-21-7-1-2-11-26(21)29/h1-20,30-32H/t30-,31+,32-,35-/m0/s1. The van der Waals surface area contributed by atoms with Crippen molar-refractivity contribution in [3.63, 3.8) is 0 Å². The number of carbonyl (C=O) groups is 2. The Morgan fingerprint density at radius 2 is 1.52 bits per heavy atom. The molecule has 2 amide bonds. The second kappa shape index (κ2) is 8.48. The van der Waals surface area contributed by atoms with Crippen LogP contribution < -0.4 is 4.90 Å². The minimum Gasteiger partial charge on any atom is -0.274 e. The smallest absolute Gasteiger partial charge is 0.239 e. The Labute approximate surface area is 236 Å². The highest BCUT2D eigenvalue weighted by atomic mass is 35.5. The number of nitrogens with zero attached hydrogens (tertiary/aromatic N) is 2. The van der Waals surface area contributed by atoms with Gasteiger partial charge in [0.25, 0.3) is 0 Å². The first kappa shape index (κ1) is 23.4. The molecule has 0 N–H and O–H groups in total. The van der Waals surface area contributed by atoms with Gasteiger partial charge in [-0.3, -0.25) is 14.6 Å². The van der Waals surface area contributed by atoms with Gasteiger partial charge in [-0.25, -0.2) is 4.90 Å². The van der Waals surface area contributed by atoms with Crippen LogP contribution in [0.1, 0.15) is 28.2 Å². The Hall–Kier alpha value is -4.54. The van der Waals surface area contributed by atoms with Gasteiger partial charge >= 0.3 is 0 Å². The largest absolute Gasteiger partial charge is 0.274 e. The number of imide groups is 1. The minimum absolute atomic E-state index is 0.158. The van der Waals surface area contributed by atoms with Crippen LogP contribution >= 0.6 is 11.6 Å². The van der Waals surface area contributed by atoms with Crippen molar-refractivity contribution in [1.82, 2.24) is 0 Å². The number of aliphatic imine (C=N–C) groups is 1. The van der Waals surface area contributed by atoms with Crippen LogP contribution in [0.5, 0.6) is 0 Å². The Morgan fingerprint density at radius 3 is 2.38 bits per heavy atom. The number of benzene rings is 5. The van der Waals surface area contributed by atoms with Gasteiger partial charge in [0.1, 0.15) is 0 Å². The maximum Gasteiger partial charge on any atom is 0.239 e. The Morgan fingerprint density at radius 1 is 0.775 bits per heavy atom. The summed E-state index contributed by atoms with van der Waals surface area (Å²) in [4.78, 5) is 35.7. The molecular formula is C35H23ClN2O2. The fraction of sp³-hybridized carbons (Fsp3) is 0.114. The lowest BCUT2D eigenvalue weighted by molar-refractivity contribution is -0.122. The van der Waals surface area contributed by atoms with E-state index in [1.807, 2.05) is 79.0 Å². The van der Waals surface area contributed by atoms with Crippen LogP contribution in [0.25, 0.3) is 10.8 Å². The van der Waals surface area contributed by atoms with Crippen LogP contribution in [0, 0.1) is 11.8 Å². The average molecular weight is 539 g/mol. The van der Waals surface area contributed by atoms with E-state index in [1.54, 1.807) is 6.07 Å². The molecule has 5 aliphatic carbocycles. The molecule has 5 heteroatoms. The van der Waals surface area contributed by atoms with Gasteiger partial charge in [-0.15, -0.1) is 0 Å². The quantitative estimate of drug-likeness (QED) is 0.177. The SMILES string of the molecule is O=C1[C@@H]2[C@H]3c4ccc(cc4)[C@@](C=Nc4cccc(Cl)c4)(c4ccccc43)[C@@H]2C(=O)N1c1cccc2ccccc12. The third-order valence-electron chi connectivity index (χ3n) is 8.92. The van der Waals surface area contributed by atoms with Gasteiger partial charge in [0.15, 0.2) is 0 Å². The van der Waals surface area contributed by atoms with Crippen molar-refractivity contribution in [3.8, 4) is 0 Å². The number of hydrogen-bond donors (Lipinski definition) is 0. The maximum absolute atomic E-state index is 14.8. The molecule has 4 nitrogen and oxygen atoms in total. The number of anilines is 1. The number of carbonyl (C=O) groups excluding carboxylic acids is 2. The Kier molecular flexibility index (Phi) is 4.95. The van der Waals surface area contributed by atoms with E-state index in [0.29, 0.717) is 16.4 Å². The monoisotopic (exact) mass is 538 g/mol. The van der Waals surface area contributed by atoms with E-state index in [1.165, 1.54) is 4.90 Å². The van der Waals surface area contributed by atoms with Crippen LogP contribution in [0.4, 0.5) is 11.4 Å². The van der Waals surface area contributed by atoms with Crippen molar-refractivity contribution in [3.05, 3.63) is 143 Å². The van der Waals surface area contributed by atoms with E-state index < -0.39 is 17.3 Å². The summed E-state index contributed by atoms with van der Waals surface area (Å²) < 4.78 is 0. The van der Waals surface area contributed by atoms with Crippen LogP contribution in [-0.2, 0) is 15.0 Å². The Bertz CT molecular complexity index is 1890. The maximum atomic E-state index is 14.8. The summed E-state index contributed by atoms with van der Waals surface area (Å²) >= 11 is 6.29. The minimum atomic E-state index is -0.939. The van der Waals surface area contributed by atoms with E-state index in [-0.39, 0.29) is 17.7 Å². The molecule has 1 aliphatic heterocycles. The van der Waals surface area contributed by atoms with E-state index in [9.17, 15) is 9.59 Å². The normalized spacial score (nSPS) is 24.4. The van der Waals surface area contributed by atoms with E-state index >= 15 is 0 Å². The highest BCUT2D eigenvalue weighted by Gasteiger charge is 2.65. The van der Waals surface area contributed by atoms with Crippen LogP contribution in [0.3, 0.4) is 0 Å². The van der Waals surface area contributed by atoms with Crippen molar-refractivity contribution in [2.75, 3.05) is 4.90 Å². The van der Waals surface area contributed by atoms with E-state index in [4.69, 9.17) is 16.6 Å². The van der Waals surface area contributed by atoms with Crippen LogP contribution in [0.2, 0.25) is 5.02 Å². The summed E-state index contributed by atoms with van der Waals surface area (Å²) in [6, 6.07) is 37.7. The number of rotatable bonds is 3. The molecule has 1 heterocycles. The molecule has 4 bridgehead atoms. The van der Waals surface area contributed by atoms with Gasteiger partial charge in [0.2, 0.25) is 11.8 Å². The lowest BCUT2D eigenvalue weighted by atomic mass is 9.52. The van der Waals surface area contributed by atoms with E-state index in [0.717, 1.165) is 33.0 Å². The first-order chi connectivity index (χ1) is 19.6. The van der Waals surface area contributed by atoms with Gasteiger partial charge < -0.3 is 0 Å². The van der Waals surface area contributed by atoms with Gasteiger partial charge in [-0.05, 0) is 51.9 Å². The molecule has 0 spiro atoms. The van der Waals surface area contributed by atoms with Gasteiger partial charge in [0, 0.05) is 22.5 Å². The molecule has 4 atom stereocenters. The zero-order valence-corrected chi connectivity index (χ0v) is 22.1. The van der Waals surface area contributed by atoms with Gasteiger partial charge in [-0.1, -0.05) is 103 Å². The molecule has 1 fully saturated rings. The summed E-state index contributed by atoms with van der Waals surface area (Å²) in [6.07, 6.45) is 1.89. The molecule has 5 aromatic rings. The molecule has 6 aliphatic rings. The summed E-state index contributed by atoms with van der Waals surface area (Å²) in [6.45, 7) is 0. The van der Waals surface area contributed by atoms with Crippen molar-refractivity contribution < 1.29 is 9.59 Å². The molecule has 1 saturated heterocycles. The molecule has 0 aromatic heterocycles. The third kappa shape index (κ3) is 3.05. The second-order valence-electron chi connectivity index (χ2n) is 10.8. The topological polar surface area (TPSA) is 49.7 Å². The lowest BCUT2D eigenvalue weighted by Crippen LogP contribution is -2.51. The molecule has 0 unspecified atom stereocenters. The molecule has 0 radical (unpaired) electrons. The van der Waals surface area contributed by atoms with Crippen molar-refractivity contribution >= 4 is 51.8 Å². The van der Waals surface area contributed by atoms with Crippen LogP contribution in [0.15, 0.2) is 120 Å². The highest BCUT2D eigenvalue weighted by molar-refractivity contribution is 6.31. The van der Waals surface area contributed by atoms with Crippen molar-refractivity contribution in [2.45, 2.75) is 11.3 Å². The van der Waals surface area contributed by atoms with Gasteiger partial charge in [0.05, 0.1) is 28.6 Å². The van der Waals surface area contributed by atoms with Gasteiger partial charge in [-0.2, -0.15) is 0 Å².